The Kier molecular flexibility index (Phi) is 3.12. The summed E-state index contributed by atoms with van der Waals surface area (Å²) in [6.07, 6.45) is 3.80. The van der Waals surface area contributed by atoms with Gasteiger partial charge >= 0.3 is 0 Å². The molecule has 4 heteroatoms. The van der Waals surface area contributed by atoms with Gasteiger partial charge in [0.05, 0.1) is 16.6 Å². The van der Waals surface area contributed by atoms with Crippen LogP contribution in [0, 0.1) is 0 Å². The molecule has 0 atom stereocenters. The molecule has 7 rings (SSSR count). The molecule has 0 bridgehead atoms. The summed E-state index contributed by atoms with van der Waals surface area (Å²) in [5, 5.41) is 15.7. The maximum Gasteiger partial charge on any atom is 0.145 e. The molecular formula is C27H17N3O. The molecule has 146 valence electrons. The lowest BCUT2D eigenvalue weighted by molar-refractivity contribution is 0.476. The van der Waals surface area contributed by atoms with Gasteiger partial charge in [0, 0.05) is 39.6 Å². The Morgan fingerprint density at radius 1 is 0.613 bits per heavy atom. The molecule has 1 N–H and O–H groups in total. The zero-order chi connectivity index (χ0) is 20.5. The van der Waals surface area contributed by atoms with Gasteiger partial charge in [-0.3, -0.25) is 4.40 Å². The van der Waals surface area contributed by atoms with Gasteiger partial charge in [-0.1, -0.05) is 36.4 Å². The number of aromatic nitrogens is 3. The second kappa shape index (κ2) is 5.86. The van der Waals surface area contributed by atoms with Gasteiger partial charge in [0.25, 0.3) is 0 Å². The molecule has 0 saturated heterocycles. The van der Waals surface area contributed by atoms with Crippen molar-refractivity contribution in [2.75, 3.05) is 0 Å². The third-order valence-electron chi connectivity index (χ3n) is 6.24. The summed E-state index contributed by atoms with van der Waals surface area (Å²) in [4.78, 5) is 4.59. The van der Waals surface area contributed by atoms with Gasteiger partial charge in [0.1, 0.15) is 11.4 Å². The highest BCUT2D eigenvalue weighted by Gasteiger charge is 2.16. The summed E-state index contributed by atoms with van der Waals surface area (Å²) < 4.78 is 4.44. The summed E-state index contributed by atoms with van der Waals surface area (Å²) in [5.41, 5.74) is 5.43. The van der Waals surface area contributed by atoms with Crippen LogP contribution in [0.5, 0.6) is 5.75 Å². The normalized spacial score (nSPS) is 12.0. The topological polar surface area (TPSA) is 42.5 Å². The summed E-state index contributed by atoms with van der Waals surface area (Å²) in [5.74, 6) is 0.249. The predicted octanol–water partition coefficient (Wildman–Crippen LogP) is 6.44. The molecule has 0 saturated carbocycles. The van der Waals surface area contributed by atoms with Crippen LogP contribution in [0.15, 0.2) is 97.3 Å². The molecule has 0 radical (unpaired) electrons. The predicted molar refractivity (Wildman–Crippen MR) is 126 cm³/mol. The van der Waals surface area contributed by atoms with Crippen molar-refractivity contribution in [2.24, 2.45) is 0 Å². The molecule has 0 unspecified atom stereocenters. The van der Waals surface area contributed by atoms with Crippen LogP contribution in [-0.2, 0) is 0 Å². The first-order chi connectivity index (χ1) is 15.3. The Labute approximate surface area is 177 Å². The summed E-state index contributed by atoms with van der Waals surface area (Å²) >= 11 is 0. The van der Waals surface area contributed by atoms with E-state index in [2.05, 4.69) is 74.6 Å². The van der Waals surface area contributed by atoms with Crippen LogP contribution in [-0.4, -0.2) is 19.1 Å². The van der Waals surface area contributed by atoms with E-state index in [-0.39, 0.29) is 5.75 Å². The number of phenolic OH excluding ortho intramolecular Hbond substituents is 1. The Balaban J connectivity index is 1.76. The Morgan fingerprint density at radius 3 is 2.32 bits per heavy atom. The minimum absolute atomic E-state index is 0.249. The van der Waals surface area contributed by atoms with Gasteiger partial charge in [-0.2, -0.15) is 0 Å². The average Bonchev–Trinajstić information content (AvgIpc) is 3.42. The molecule has 0 fully saturated rings. The number of fused-ring (bicyclic) bond motifs is 9. The molecule has 3 aromatic heterocycles. The van der Waals surface area contributed by atoms with Gasteiger partial charge in [0.2, 0.25) is 0 Å². The summed E-state index contributed by atoms with van der Waals surface area (Å²) in [7, 11) is 0. The molecule has 0 amide bonds. The first-order valence-corrected chi connectivity index (χ1v) is 10.3. The maximum atomic E-state index is 10.1. The van der Waals surface area contributed by atoms with E-state index in [1.165, 1.54) is 16.3 Å². The average molecular weight is 399 g/mol. The quantitative estimate of drug-likeness (QED) is 0.323. The summed E-state index contributed by atoms with van der Waals surface area (Å²) in [6, 6.07) is 29.1. The van der Waals surface area contributed by atoms with Crippen molar-refractivity contribution in [3.05, 3.63) is 97.3 Å². The van der Waals surface area contributed by atoms with Crippen LogP contribution in [0.2, 0.25) is 0 Å². The Morgan fingerprint density at radius 2 is 1.42 bits per heavy atom. The SMILES string of the molecule is Oc1ccc2c3cc4c5ccccc5n(-c5ccccc5)c4cc3n3ccnc3c2c1. The Hall–Kier alpha value is -4.31. The zero-order valence-corrected chi connectivity index (χ0v) is 16.5. The number of hydrogen-bond acceptors (Lipinski definition) is 2. The van der Waals surface area contributed by atoms with Crippen molar-refractivity contribution in [2.45, 2.75) is 0 Å². The van der Waals surface area contributed by atoms with Crippen molar-refractivity contribution in [1.82, 2.24) is 14.0 Å². The third-order valence-corrected chi connectivity index (χ3v) is 6.24. The van der Waals surface area contributed by atoms with Crippen molar-refractivity contribution in [3.8, 4) is 11.4 Å². The minimum Gasteiger partial charge on any atom is -0.508 e. The number of aromatic hydroxyl groups is 1. The van der Waals surface area contributed by atoms with Gasteiger partial charge in [-0.25, -0.2) is 4.98 Å². The molecule has 0 aliphatic heterocycles. The molecule has 4 aromatic carbocycles. The fourth-order valence-corrected chi connectivity index (χ4v) is 4.92. The second-order valence-corrected chi connectivity index (χ2v) is 7.93. The number of pyridine rings is 1. The van der Waals surface area contributed by atoms with Gasteiger partial charge < -0.3 is 9.67 Å². The molecule has 0 aliphatic rings. The monoisotopic (exact) mass is 399 g/mol. The number of phenols is 1. The van der Waals surface area contributed by atoms with Crippen LogP contribution in [0.1, 0.15) is 0 Å². The van der Waals surface area contributed by atoms with Crippen LogP contribution in [0.3, 0.4) is 0 Å². The highest BCUT2D eigenvalue weighted by molar-refractivity contribution is 6.19. The third kappa shape index (κ3) is 2.16. The van der Waals surface area contributed by atoms with Gasteiger partial charge in [-0.15, -0.1) is 0 Å². The Bertz CT molecular complexity index is 1790. The van der Waals surface area contributed by atoms with Crippen molar-refractivity contribution >= 4 is 49.1 Å². The van der Waals surface area contributed by atoms with Crippen LogP contribution < -0.4 is 0 Å². The van der Waals surface area contributed by atoms with Crippen molar-refractivity contribution in [1.29, 1.82) is 0 Å². The minimum atomic E-state index is 0.249. The molecular weight excluding hydrogens is 382 g/mol. The van der Waals surface area contributed by atoms with Crippen LogP contribution >= 0.6 is 0 Å². The van der Waals surface area contributed by atoms with E-state index in [0.29, 0.717) is 0 Å². The number of nitrogens with zero attached hydrogens (tertiary/aromatic N) is 3. The first kappa shape index (κ1) is 16.5. The first-order valence-electron chi connectivity index (χ1n) is 10.3. The highest BCUT2D eigenvalue weighted by Crippen LogP contribution is 2.38. The standard InChI is InChI=1S/C27H17N3O/c31-18-10-11-19-21-15-22-20-8-4-5-9-24(20)30(17-6-2-1-3-7-17)26(22)16-25(21)29-13-12-28-27(29)23(19)14-18/h1-16,31H. The van der Waals surface area contributed by atoms with Crippen molar-refractivity contribution in [3.63, 3.8) is 0 Å². The highest BCUT2D eigenvalue weighted by atomic mass is 16.3. The van der Waals surface area contributed by atoms with Gasteiger partial charge in [-0.05, 0) is 53.9 Å². The number of hydrogen-bond donors (Lipinski definition) is 1. The lowest BCUT2D eigenvalue weighted by Crippen LogP contribution is -1.95. The second-order valence-electron chi connectivity index (χ2n) is 7.93. The molecule has 0 aliphatic carbocycles. The number of para-hydroxylation sites is 2. The fourth-order valence-electron chi connectivity index (χ4n) is 4.92. The van der Waals surface area contributed by atoms with E-state index in [1.54, 1.807) is 12.1 Å². The lowest BCUT2D eigenvalue weighted by atomic mass is 10.0. The number of rotatable bonds is 1. The van der Waals surface area contributed by atoms with Crippen molar-refractivity contribution < 1.29 is 5.11 Å². The number of imidazole rings is 1. The molecule has 31 heavy (non-hydrogen) atoms. The van der Waals surface area contributed by atoms with Crippen LogP contribution in [0.25, 0.3) is 54.8 Å². The van der Waals surface area contributed by atoms with Gasteiger partial charge in [0.15, 0.2) is 0 Å². The van der Waals surface area contributed by atoms with E-state index in [0.717, 1.165) is 38.5 Å². The molecule has 4 nitrogen and oxygen atoms in total. The molecule has 3 heterocycles. The lowest BCUT2D eigenvalue weighted by Gasteiger charge is -2.11. The van der Waals surface area contributed by atoms with E-state index < -0.39 is 0 Å². The molecule has 0 spiro atoms. The zero-order valence-electron chi connectivity index (χ0n) is 16.5. The van der Waals surface area contributed by atoms with E-state index in [9.17, 15) is 5.11 Å². The van der Waals surface area contributed by atoms with Crippen LogP contribution in [0.4, 0.5) is 0 Å². The fraction of sp³-hybridized carbons (Fsp3) is 0. The number of benzene rings is 4. The molecule has 7 aromatic rings. The smallest absolute Gasteiger partial charge is 0.145 e. The summed E-state index contributed by atoms with van der Waals surface area (Å²) in [6.45, 7) is 0. The van der Waals surface area contributed by atoms with E-state index >= 15 is 0 Å². The van der Waals surface area contributed by atoms with E-state index in [4.69, 9.17) is 0 Å². The maximum absolute atomic E-state index is 10.1. The van der Waals surface area contributed by atoms with E-state index in [1.807, 2.05) is 24.5 Å². The largest absolute Gasteiger partial charge is 0.508 e.